The summed E-state index contributed by atoms with van der Waals surface area (Å²) in [4.78, 5) is 25.9. The number of pyridine rings is 1. The number of carbonyl (C=O) groups excluding carboxylic acids is 1. The molecule has 0 saturated carbocycles. The van der Waals surface area contributed by atoms with E-state index in [0.717, 1.165) is 6.20 Å². The molecule has 0 radical (unpaired) electrons. The van der Waals surface area contributed by atoms with Gasteiger partial charge in [-0.15, -0.1) is 0 Å². The van der Waals surface area contributed by atoms with Gasteiger partial charge < -0.3 is 20.6 Å². The largest absolute Gasteiger partial charge is 0.506 e. The van der Waals surface area contributed by atoms with Crippen LogP contribution in [-0.2, 0) is 4.79 Å². The van der Waals surface area contributed by atoms with Crippen molar-refractivity contribution in [2.75, 3.05) is 6.61 Å². The van der Waals surface area contributed by atoms with Gasteiger partial charge in [-0.3, -0.25) is 9.78 Å². The van der Waals surface area contributed by atoms with Crippen molar-refractivity contribution in [3.8, 4) is 5.75 Å². The Morgan fingerprint density at radius 2 is 2.12 bits per heavy atom. The Balaban J connectivity index is 2.73. The van der Waals surface area contributed by atoms with E-state index in [0.29, 0.717) is 0 Å². The number of aromatic hydroxyl groups is 1. The van der Waals surface area contributed by atoms with Crippen molar-refractivity contribution < 1.29 is 24.9 Å². The molecule has 0 aliphatic heterocycles. The number of nitrogens with one attached hydrogen (secondary N) is 1. The van der Waals surface area contributed by atoms with E-state index < -0.39 is 17.9 Å². The standard InChI is InChI=1S/C10H12N2O5/c13-2-1-8(10(16)17)12-9(15)6-3-7(14)5-11-4-6/h3-5,8,13-14H,1-2H2,(H,12,15)(H,16,17)/t8-/m0/s1. The zero-order valence-corrected chi connectivity index (χ0v) is 8.83. The maximum atomic E-state index is 11.6. The van der Waals surface area contributed by atoms with E-state index in [-0.39, 0.29) is 24.3 Å². The first kappa shape index (κ1) is 12.9. The summed E-state index contributed by atoms with van der Waals surface area (Å²) in [6.07, 6.45) is 2.26. The molecular weight excluding hydrogens is 228 g/mol. The lowest BCUT2D eigenvalue weighted by atomic mass is 10.2. The van der Waals surface area contributed by atoms with Gasteiger partial charge in [0.15, 0.2) is 0 Å². The molecule has 1 rings (SSSR count). The van der Waals surface area contributed by atoms with E-state index in [9.17, 15) is 9.59 Å². The van der Waals surface area contributed by atoms with E-state index in [4.69, 9.17) is 15.3 Å². The van der Waals surface area contributed by atoms with E-state index >= 15 is 0 Å². The number of amides is 1. The molecule has 0 aromatic carbocycles. The molecule has 92 valence electrons. The molecule has 1 aromatic heterocycles. The number of hydrogen-bond acceptors (Lipinski definition) is 5. The van der Waals surface area contributed by atoms with Crippen LogP contribution in [0, 0.1) is 0 Å². The van der Waals surface area contributed by atoms with Crippen LogP contribution in [0.4, 0.5) is 0 Å². The highest BCUT2D eigenvalue weighted by atomic mass is 16.4. The third-order valence-corrected chi connectivity index (χ3v) is 2.01. The molecule has 0 spiro atoms. The van der Waals surface area contributed by atoms with Gasteiger partial charge >= 0.3 is 5.97 Å². The summed E-state index contributed by atoms with van der Waals surface area (Å²) in [6, 6.07) is -0.00458. The van der Waals surface area contributed by atoms with Gasteiger partial charge in [0.05, 0.1) is 11.8 Å². The van der Waals surface area contributed by atoms with Crippen LogP contribution in [0.3, 0.4) is 0 Å². The Hall–Kier alpha value is -2.15. The second-order valence-electron chi connectivity index (χ2n) is 3.31. The van der Waals surface area contributed by atoms with E-state index in [1.54, 1.807) is 0 Å². The number of nitrogens with zero attached hydrogens (tertiary/aromatic N) is 1. The normalized spacial score (nSPS) is 11.8. The van der Waals surface area contributed by atoms with Crippen LogP contribution in [0.1, 0.15) is 16.8 Å². The van der Waals surface area contributed by atoms with Crippen LogP contribution in [-0.4, -0.2) is 44.8 Å². The number of carboxylic acids is 1. The Morgan fingerprint density at radius 3 is 2.65 bits per heavy atom. The molecule has 4 N–H and O–H groups in total. The predicted octanol–water partition coefficient (Wildman–Crippen LogP) is -0.647. The molecule has 1 aromatic rings. The first-order valence-corrected chi connectivity index (χ1v) is 4.83. The third kappa shape index (κ3) is 3.72. The van der Waals surface area contributed by atoms with Crippen LogP contribution in [0.25, 0.3) is 0 Å². The van der Waals surface area contributed by atoms with Gasteiger partial charge in [0.2, 0.25) is 0 Å². The average Bonchev–Trinajstić information content (AvgIpc) is 2.28. The fourth-order valence-electron chi connectivity index (χ4n) is 1.18. The Morgan fingerprint density at radius 1 is 1.41 bits per heavy atom. The van der Waals surface area contributed by atoms with Gasteiger partial charge in [-0.25, -0.2) is 4.79 Å². The summed E-state index contributed by atoms with van der Waals surface area (Å²) in [5.74, 6) is -2.10. The Kier molecular flexibility index (Phi) is 4.41. The molecule has 0 aliphatic rings. The fourth-order valence-corrected chi connectivity index (χ4v) is 1.18. The lowest BCUT2D eigenvalue weighted by Crippen LogP contribution is -2.41. The van der Waals surface area contributed by atoms with Crippen LogP contribution < -0.4 is 5.32 Å². The van der Waals surface area contributed by atoms with E-state index in [1.807, 2.05) is 0 Å². The van der Waals surface area contributed by atoms with Gasteiger partial charge in [-0.05, 0) is 6.07 Å². The smallest absolute Gasteiger partial charge is 0.326 e. The molecule has 0 saturated heterocycles. The van der Waals surface area contributed by atoms with Crippen molar-refractivity contribution in [2.45, 2.75) is 12.5 Å². The maximum Gasteiger partial charge on any atom is 0.326 e. The van der Waals surface area contributed by atoms with Crippen LogP contribution in [0.2, 0.25) is 0 Å². The van der Waals surface area contributed by atoms with Crippen LogP contribution in [0.15, 0.2) is 18.5 Å². The first-order valence-electron chi connectivity index (χ1n) is 4.83. The van der Waals surface area contributed by atoms with Gasteiger partial charge in [-0.2, -0.15) is 0 Å². The van der Waals surface area contributed by atoms with Crippen molar-refractivity contribution in [3.05, 3.63) is 24.0 Å². The van der Waals surface area contributed by atoms with Crippen molar-refractivity contribution in [1.82, 2.24) is 10.3 Å². The Labute approximate surface area is 96.7 Å². The number of rotatable bonds is 5. The molecule has 17 heavy (non-hydrogen) atoms. The highest BCUT2D eigenvalue weighted by molar-refractivity contribution is 5.96. The summed E-state index contributed by atoms with van der Waals surface area (Å²) in [6.45, 7) is -0.352. The zero-order valence-electron chi connectivity index (χ0n) is 8.83. The molecule has 7 nitrogen and oxygen atoms in total. The minimum atomic E-state index is -1.24. The fraction of sp³-hybridized carbons (Fsp3) is 0.300. The van der Waals surface area contributed by atoms with Crippen molar-refractivity contribution in [3.63, 3.8) is 0 Å². The van der Waals surface area contributed by atoms with Crippen LogP contribution in [0.5, 0.6) is 5.75 Å². The molecule has 0 fully saturated rings. The number of aromatic nitrogens is 1. The second kappa shape index (κ2) is 5.80. The topological polar surface area (TPSA) is 120 Å². The monoisotopic (exact) mass is 240 g/mol. The highest BCUT2D eigenvalue weighted by Gasteiger charge is 2.20. The number of aliphatic carboxylic acids is 1. The number of carbonyl (C=O) groups is 2. The SMILES string of the molecule is O=C(N[C@@H](CCO)C(=O)O)c1cncc(O)c1. The van der Waals surface area contributed by atoms with Gasteiger partial charge in [-0.1, -0.05) is 0 Å². The minimum absolute atomic E-state index is 0.0502. The third-order valence-electron chi connectivity index (χ3n) is 2.01. The quantitative estimate of drug-likeness (QED) is 0.543. The van der Waals surface area contributed by atoms with Gasteiger partial charge in [0.25, 0.3) is 5.91 Å². The number of hydrogen-bond donors (Lipinski definition) is 4. The Bertz CT molecular complexity index is 421. The lowest BCUT2D eigenvalue weighted by Gasteiger charge is -2.12. The van der Waals surface area contributed by atoms with Crippen molar-refractivity contribution in [1.29, 1.82) is 0 Å². The molecule has 0 aliphatic carbocycles. The molecule has 7 heteroatoms. The second-order valence-corrected chi connectivity index (χ2v) is 3.31. The van der Waals surface area contributed by atoms with E-state index in [2.05, 4.69) is 10.3 Å². The predicted molar refractivity (Wildman–Crippen MR) is 56.5 cm³/mol. The van der Waals surface area contributed by atoms with Gasteiger partial charge in [0.1, 0.15) is 11.8 Å². The van der Waals surface area contributed by atoms with E-state index in [1.165, 1.54) is 12.3 Å². The number of carboxylic acid groups (broad SMARTS) is 1. The molecule has 1 amide bonds. The summed E-state index contributed by atoms with van der Waals surface area (Å²) in [5.41, 5.74) is 0.0502. The first-order chi connectivity index (χ1) is 8.04. The summed E-state index contributed by atoms with van der Waals surface area (Å²) < 4.78 is 0. The summed E-state index contributed by atoms with van der Waals surface area (Å²) in [7, 11) is 0. The summed E-state index contributed by atoms with van der Waals surface area (Å²) >= 11 is 0. The number of aliphatic hydroxyl groups excluding tert-OH is 1. The van der Waals surface area contributed by atoms with Gasteiger partial charge in [0, 0.05) is 19.2 Å². The highest BCUT2D eigenvalue weighted by Crippen LogP contribution is 2.08. The maximum absolute atomic E-state index is 11.6. The molecule has 1 heterocycles. The van der Waals surface area contributed by atoms with Crippen molar-refractivity contribution >= 4 is 11.9 Å². The zero-order chi connectivity index (χ0) is 12.8. The summed E-state index contributed by atoms with van der Waals surface area (Å²) in [5, 5.41) is 28.7. The minimum Gasteiger partial charge on any atom is -0.506 e. The molecule has 0 unspecified atom stereocenters. The van der Waals surface area contributed by atoms with Crippen LogP contribution >= 0.6 is 0 Å². The molecule has 1 atom stereocenters. The molecule has 0 bridgehead atoms. The van der Waals surface area contributed by atoms with Crippen molar-refractivity contribution in [2.24, 2.45) is 0 Å². The average molecular weight is 240 g/mol. The molecular formula is C10H12N2O5. The lowest BCUT2D eigenvalue weighted by molar-refractivity contribution is -0.139. The number of aliphatic hydroxyl groups is 1.